The zero-order valence-corrected chi connectivity index (χ0v) is 26.6. The van der Waals surface area contributed by atoms with Crippen LogP contribution < -0.4 is 4.90 Å². The second-order valence-corrected chi connectivity index (χ2v) is 14.3. The number of para-hydroxylation sites is 1. The van der Waals surface area contributed by atoms with E-state index < -0.39 is 28.7 Å². The molecular formula is C32H35BrClN3O4S. The largest absolute Gasteiger partial charge is 0.394 e. The average molecular weight is 673 g/mol. The van der Waals surface area contributed by atoms with Gasteiger partial charge in [-0.15, -0.1) is 24.9 Å². The highest BCUT2D eigenvalue weighted by Gasteiger charge is 2.76. The fourth-order valence-electron chi connectivity index (χ4n) is 6.95. The fourth-order valence-corrected chi connectivity index (χ4v) is 10.8. The molecule has 0 aliphatic carbocycles. The topological polar surface area (TPSA) is 81.2 Å². The molecule has 3 amide bonds. The van der Waals surface area contributed by atoms with Gasteiger partial charge in [0.2, 0.25) is 11.8 Å². The fraction of sp³-hybridized carbons (Fsp3) is 0.406. The van der Waals surface area contributed by atoms with Gasteiger partial charge in [-0.2, -0.15) is 0 Å². The van der Waals surface area contributed by atoms with Gasteiger partial charge in [0, 0.05) is 30.2 Å². The van der Waals surface area contributed by atoms with Crippen molar-refractivity contribution in [3.05, 3.63) is 90.5 Å². The van der Waals surface area contributed by atoms with Crippen LogP contribution in [0.2, 0.25) is 5.02 Å². The first-order valence-electron chi connectivity index (χ1n) is 14.0. The number of rotatable bonds is 11. The van der Waals surface area contributed by atoms with E-state index >= 15 is 0 Å². The van der Waals surface area contributed by atoms with Crippen LogP contribution in [0.15, 0.2) is 79.9 Å². The van der Waals surface area contributed by atoms with Gasteiger partial charge in [0.15, 0.2) is 0 Å². The predicted molar refractivity (Wildman–Crippen MR) is 172 cm³/mol. The van der Waals surface area contributed by atoms with Crippen molar-refractivity contribution in [1.29, 1.82) is 0 Å². The first kappa shape index (κ1) is 30.9. The maximum absolute atomic E-state index is 14.9. The van der Waals surface area contributed by atoms with E-state index in [-0.39, 0.29) is 41.0 Å². The Morgan fingerprint density at radius 2 is 1.81 bits per heavy atom. The molecule has 3 heterocycles. The summed E-state index contributed by atoms with van der Waals surface area (Å²) >= 11 is 12.0. The summed E-state index contributed by atoms with van der Waals surface area (Å²) < 4.78 is -0.868. The summed E-state index contributed by atoms with van der Waals surface area (Å²) in [5.74, 6) is -2.03. The van der Waals surface area contributed by atoms with Crippen molar-refractivity contribution in [3.8, 4) is 0 Å². The number of carbonyl (C=O) groups excluding carboxylic acids is 3. The number of halogens is 2. The summed E-state index contributed by atoms with van der Waals surface area (Å²) in [6.45, 7) is 7.84. The van der Waals surface area contributed by atoms with E-state index in [9.17, 15) is 19.5 Å². The summed E-state index contributed by atoms with van der Waals surface area (Å²) in [5, 5.41) is 11.0. The average Bonchev–Trinajstić information content (AvgIpc) is 3.58. The van der Waals surface area contributed by atoms with Gasteiger partial charge in [-0.05, 0) is 30.5 Å². The summed E-state index contributed by atoms with van der Waals surface area (Å²) in [4.78, 5) is 48.1. The van der Waals surface area contributed by atoms with Crippen molar-refractivity contribution >= 4 is 62.7 Å². The number of anilines is 1. The van der Waals surface area contributed by atoms with Crippen LogP contribution in [0.4, 0.5) is 5.69 Å². The number of likely N-dealkylation sites (N-methyl/N-ethyl adjacent to an activating group) is 1. The van der Waals surface area contributed by atoms with E-state index in [4.69, 9.17) is 11.6 Å². The summed E-state index contributed by atoms with van der Waals surface area (Å²) in [7, 11) is 1.71. The van der Waals surface area contributed by atoms with Crippen molar-refractivity contribution in [2.24, 2.45) is 11.8 Å². The highest BCUT2D eigenvalue weighted by atomic mass is 79.9. The number of likely N-dealkylation sites (tertiary alicyclic amines) is 1. The third kappa shape index (κ3) is 5.12. The van der Waals surface area contributed by atoms with Crippen LogP contribution in [0.5, 0.6) is 0 Å². The molecule has 3 unspecified atom stereocenters. The lowest BCUT2D eigenvalue weighted by atomic mass is 9.70. The standard InChI is InChI=1S/C32H35BrClN3O4S/c1-4-15-35(3)29(39)25-26-30(40)37(21(19-38)17-20-11-7-6-8-12-20)28(32(26)18-22(33)27(25)42-32)31(41)36(16-5-2)24-14-10-9-13-23(24)34/h4-14,21-22,25-28,38H,1-2,15-19H2,3H3/t21-,22?,25+,26+,27+,28?,32?/m1/s1. The molecule has 3 aliphatic heterocycles. The zero-order chi connectivity index (χ0) is 30.2. The van der Waals surface area contributed by atoms with Crippen molar-refractivity contribution < 1.29 is 19.5 Å². The van der Waals surface area contributed by atoms with Crippen LogP contribution in [0.25, 0.3) is 0 Å². The molecule has 2 aromatic rings. The monoisotopic (exact) mass is 671 g/mol. The van der Waals surface area contributed by atoms with Gasteiger partial charge in [-0.3, -0.25) is 14.4 Å². The lowest BCUT2D eigenvalue weighted by Crippen LogP contribution is -2.58. The quantitative estimate of drug-likeness (QED) is 0.280. The van der Waals surface area contributed by atoms with Crippen LogP contribution in [0.1, 0.15) is 12.0 Å². The molecule has 5 rings (SSSR count). The summed E-state index contributed by atoms with van der Waals surface area (Å²) in [6.07, 6.45) is 4.19. The number of nitrogens with zero attached hydrogens (tertiary/aromatic N) is 3. The number of aliphatic hydroxyl groups excluding tert-OH is 1. The number of carbonyl (C=O) groups is 3. The van der Waals surface area contributed by atoms with Gasteiger partial charge in [0.1, 0.15) is 6.04 Å². The number of hydrogen-bond acceptors (Lipinski definition) is 5. The Hall–Kier alpha value is -2.59. The Bertz CT molecular complexity index is 1380. The molecule has 1 spiro atoms. The molecule has 0 radical (unpaired) electrons. The number of aliphatic hydroxyl groups is 1. The van der Waals surface area contributed by atoms with E-state index in [0.29, 0.717) is 30.1 Å². The van der Waals surface area contributed by atoms with Gasteiger partial charge in [-0.1, -0.05) is 82.1 Å². The number of benzene rings is 2. The molecule has 42 heavy (non-hydrogen) atoms. The molecule has 0 aromatic heterocycles. The maximum atomic E-state index is 14.9. The molecule has 0 saturated carbocycles. The van der Waals surface area contributed by atoms with E-state index in [2.05, 4.69) is 29.1 Å². The second-order valence-electron chi connectivity index (χ2n) is 11.1. The number of hydrogen-bond donors (Lipinski definition) is 1. The molecule has 222 valence electrons. The van der Waals surface area contributed by atoms with Gasteiger partial charge >= 0.3 is 0 Å². The van der Waals surface area contributed by atoms with Gasteiger partial charge in [0.05, 0.1) is 39.9 Å². The van der Waals surface area contributed by atoms with Gasteiger partial charge in [-0.25, -0.2) is 0 Å². The number of alkyl halides is 1. The molecule has 7 atom stereocenters. The first-order valence-corrected chi connectivity index (χ1v) is 16.2. The third-order valence-electron chi connectivity index (χ3n) is 8.66. The number of amides is 3. The number of thioether (sulfide) groups is 1. The molecule has 1 N–H and O–H groups in total. The van der Waals surface area contributed by atoms with Crippen LogP contribution >= 0.6 is 39.3 Å². The van der Waals surface area contributed by atoms with Gasteiger partial charge < -0.3 is 19.8 Å². The van der Waals surface area contributed by atoms with Crippen molar-refractivity contribution in [2.75, 3.05) is 31.6 Å². The molecule has 2 bridgehead atoms. The number of fused-ring (bicyclic) bond motifs is 1. The molecule has 7 nitrogen and oxygen atoms in total. The Labute approximate surface area is 264 Å². The molecular weight excluding hydrogens is 638 g/mol. The Morgan fingerprint density at radius 3 is 2.45 bits per heavy atom. The van der Waals surface area contributed by atoms with Crippen molar-refractivity contribution in [1.82, 2.24) is 9.80 Å². The summed E-state index contributed by atoms with van der Waals surface area (Å²) in [6, 6.07) is 15.1. The SMILES string of the molecule is C=CCN(C)C(=O)[C@H]1[C@H]2C(=O)N([C@@H](CO)Cc3ccccc3)C(C(=O)N(CC=C)c3ccccc3Cl)C23CC(Br)[C@@H]1S3. The van der Waals surface area contributed by atoms with Crippen molar-refractivity contribution in [2.45, 2.75) is 39.7 Å². The highest BCUT2D eigenvalue weighted by molar-refractivity contribution is 9.09. The second kappa shape index (κ2) is 12.6. The minimum absolute atomic E-state index is 0.0669. The van der Waals surface area contributed by atoms with E-state index in [1.807, 2.05) is 36.4 Å². The Balaban J connectivity index is 1.64. The highest BCUT2D eigenvalue weighted by Crippen LogP contribution is 2.68. The predicted octanol–water partition coefficient (Wildman–Crippen LogP) is 4.57. The normalized spacial score (nSPS) is 28.3. The van der Waals surface area contributed by atoms with Crippen LogP contribution in [0.3, 0.4) is 0 Å². The van der Waals surface area contributed by atoms with Crippen LogP contribution in [-0.2, 0) is 20.8 Å². The maximum Gasteiger partial charge on any atom is 0.251 e. The Morgan fingerprint density at radius 1 is 1.14 bits per heavy atom. The van der Waals surface area contributed by atoms with Crippen molar-refractivity contribution in [3.63, 3.8) is 0 Å². The molecule has 3 aliphatic rings. The van der Waals surface area contributed by atoms with E-state index in [1.165, 1.54) is 0 Å². The van der Waals surface area contributed by atoms with E-state index in [0.717, 1.165) is 5.56 Å². The lowest BCUT2D eigenvalue weighted by Gasteiger charge is -2.40. The minimum Gasteiger partial charge on any atom is -0.394 e. The van der Waals surface area contributed by atoms with Crippen LogP contribution in [-0.4, -0.2) is 86.3 Å². The Kier molecular flexibility index (Phi) is 9.23. The van der Waals surface area contributed by atoms with Crippen LogP contribution in [0, 0.1) is 11.8 Å². The minimum atomic E-state index is -0.926. The van der Waals surface area contributed by atoms with Gasteiger partial charge in [0.25, 0.3) is 5.91 Å². The smallest absolute Gasteiger partial charge is 0.251 e. The zero-order valence-electron chi connectivity index (χ0n) is 23.4. The summed E-state index contributed by atoms with van der Waals surface area (Å²) in [5.41, 5.74) is 1.46. The molecule has 3 fully saturated rings. The third-order valence-corrected chi connectivity index (χ3v) is 12.2. The lowest BCUT2D eigenvalue weighted by molar-refractivity contribution is -0.144. The van der Waals surface area contributed by atoms with E-state index in [1.54, 1.807) is 63.9 Å². The molecule has 10 heteroatoms. The molecule has 3 saturated heterocycles. The first-order chi connectivity index (χ1) is 20.2. The molecule has 2 aromatic carbocycles.